The van der Waals surface area contributed by atoms with Gasteiger partial charge >= 0.3 is 12.1 Å². The first-order valence-corrected chi connectivity index (χ1v) is 7.07. The molecule has 1 atom stereocenters. The number of benzene rings is 1. The van der Waals surface area contributed by atoms with E-state index in [0.717, 1.165) is 0 Å². The maximum Gasteiger partial charge on any atom is 0.408 e. The summed E-state index contributed by atoms with van der Waals surface area (Å²) in [6.45, 7) is 5.01. The van der Waals surface area contributed by atoms with Crippen LogP contribution in [-0.2, 0) is 11.2 Å². The Kier molecular flexibility index (Phi) is 5.80. The lowest BCUT2D eigenvalue weighted by atomic mass is 9.87. The van der Waals surface area contributed by atoms with Crippen molar-refractivity contribution >= 4 is 11.9 Å². The number of aromatic carboxylic acids is 1. The number of carbonyl (C=O) groups is 2. The van der Waals surface area contributed by atoms with Crippen LogP contribution in [0.1, 0.15) is 43.1 Å². The predicted molar refractivity (Wildman–Crippen MR) is 79.2 cm³/mol. The van der Waals surface area contributed by atoms with Crippen LogP contribution in [0.3, 0.4) is 0 Å². The third kappa shape index (κ3) is 6.71. The topological polar surface area (TPSA) is 66.4 Å². The molecule has 0 fully saturated rings. The van der Waals surface area contributed by atoms with E-state index >= 15 is 0 Å². The van der Waals surface area contributed by atoms with E-state index in [-0.39, 0.29) is 18.4 Å². The van der Waals surface area contributed by atoms with Crippen LogP contribution >= 0.6 is 0 Å². The third-order valence-corrected chi connectivity index (χ3v) is 3.11. The zero-order chi connectivity index (χ0) is 17.8. The summed E-state index contributed by atoms with van der Waals surface area (Å²) >= 11 is 0. The number of hydrogen-bond acceptors (Lipinski definition) is 2. The number of hydrogen-bond donors (Lipinski definition) is 2. The van der Waals surface area contributed by atoms with Crippen LogP contribution < -0.4 is 5.32 Å². The fourth-order valence-electron chi connectivity index (χ4n) is 2.06. The Morgan fingerprint density at radius 1 is 1.13 bits per heavy atom. The lowest BCUT2D eigenvalue weighted by Gasteiger charge is -2.28. The number of carbonyl (C=O) groups excluding carboxylic acids is 1. The van der Waals surface area contributed by atoms with Crippen molar-refractivity contribution in [3.05, 3.63) is 35.4 Å². The molecule has 4 nitrogen and oxygen atoms in total. The first-order valence-electron chi connectivity index (χ1n) is 7.07. The number of nitrogens with one attached hydrogen (secondary N) is 1. The summed E-state index contributed by atoms with van der Waals surface area (Å²) in [5.74, 6) is -1.86. The minimum absolute atomic E-state index is 0.0510. The van der Waals surface area contributed by atoms with Crippen LogP contribution in [0.4, 0.5) is 13.2 Å². The Balaban J connectivity index is 2.74. The number of amides is 1. The smallest absolute Gasteiger partial charge is 0.408 e. The highest BCUT2D eigenvalue weighted by atomic mass is 19.4. The SMILES string of the molecule is CC(C)(C)CC(NC(=O)Cc1ccc(C(=O)O)cc1)C(F)(F)F. The van der Waals surface area contributed by atoms with Crippen LogP contribution in [0, 0.1) is 5.41 Å². The molecule has 7 heteroatoms. The van der Waals surface area contributed by atoms with E-state index in [0.29, 0.717) is 5.56 Å². The maximum absolute atomic E-state index is 13.0. The summed E-state index contributed by atoms with van der Waals surface area (Å²) in [5, 5.41) is 10.8. The molecule has 1 amide bonds. The van der Waals surface area contributed by atoms with Gasteiger partial charge in [-0.15, -0.1) is 0 Å². The van der Waals surface area contributed by atoms with Crippen molar-refractivity contribution in [3.8, 4) is 0 Å². The average Bonchev–Trinajstić information content (AvgIpc) is 2.35. The lowest BCUT2D eigenvalue weighted by molar-refractivity contribution is -0.166. The van der Waals surface area contributed by atoms with Crippen molar-refractivity contribution in [2.45, 2.75) is 45.8 Å². The summed E-state index contributed by atoms with van der Waals surface area (Å²) in [6, 6.07) is 3.53. The molecule has 0 aliphatic heterocycles. The third-order valence-electron chi connectivity index (χ3n) is 3.11. The van der Waals surface area contributed by atoms with Gasteiger partial charge in [-0.2, -0.15) is 13.2 Å². The Morgan fingerprint density at radius 2 is 1.65 bits per heavy atom. The maximum atomic E-state index is 13.0. The minimum atomic E-state index is -4.52. The highest BCUT2D eigenvalue weighted by molar-refractivity contribution is 5.87. The number of rotatable bonds is 5. The molecule has 128 valence electrons. The van der Waals surface area contributed by atoms with Gasteiger partial charge in [0.05, 0.1) is 12.0 Å². The van der Waals surface area contributed by atoms with Crippen LogP contribution in [0.2, 0.25) is 0 Å². The van der Waals surface area contributed by atoms with Gasteiger partial charge in [0, 0.05) is 0 Å². The largest absolute Gasteiger partial charge is 0.478 e. The zero-order valence-electron chi connectivity index (χ0n) is 13.2. The second-order valence-electron chi connectivity index (χ2n) is 6.61. The number of halogens is 3. The molecule has 0 saturated heterocycles. The Hall–Kier alpha value is -2.05. The first-order chi connectivity index (χ1) is 10.4. The van der Waals surface area contributed by atoms with Gasteiger partial charge in [0.2, 0.25) is 5.91 Å². The van der Waals surface area contributed by atoms with Gasteiger partial charge in [-0.3, -0.25) is 4.79 Å². The summed E-state index contributed by atoms with van der Waals surface area (Å²) in [5.41, 5.74) is -0.0874. The molecule has 2 N–H and O–H groups in total. The molecule has 1 unspecified atom stereocenters. The average molecular weight is 331 g/mol. The van der Waals surface area contributed by atoms with E-state index in [1.807, 2.05) is 5.32 Å². The minimum Gasteiger partial charge on any atom is -0.478 e. The Bertz CT molecular complexity index is 559. The Labute approximate surface area is 132 Å². The van der Waals surface area contributed by atoms with Crippen LogP contribution in [0.25, 0.3) is 0 Å². The molecule has 0 heterocycles. The predicted octanol–water partition coefficient (Wildman–Crippen LogP) is 3.41. The number of carboxylic acid groups (broad SMARTS) is 1. The molecule has 0 radical (unpaired) electrons. The molecule has 0 aliphatic carbocycles. The Morgan fingerprint density at radius 3 is 2.04 bits per heavy atom. The molecular weight excluding hydrogens is 311 g/mol. The van der Waals surface area contributed by atoms with Crippen molar-refractivity contribution in [2.24, 2.45) is 5.41 Å². The molecule has 0 saturated carbocycles. The monoisotopic (exact) mass is 331 g/mol. The molecule has 1 rings (SSSR count). The molecule has 0 spiro atoms. The van der Waals surface area contributed by atoms with E-state index in [1.165, 1.54) is 24.3 Å². The second-order valence-corrected chi connectivity index (χ2v) is 6.61. The number of alkyl halides is 3. The summed E-state index contributed by atoms with van der Waals surface area (Å²) in [7, 11) is 0. The normalized spacial score (nSPS) is 13.5. The van der Waals surface area contributed by atoms with E-state index in [1.54, 1.807) is 20.8 Å². The molecule has 23 heavy (non-hydrogen) atoms. The van der Waals surface area contributed by atoms with E-state index in [2.05, 4.69) is 0 Å². The van der Waals surface area contributed by atoms with Crippen molar-refractivity contribution in [3.63, 3.8) is 0 Å². The molecule has 0 bridgehead atoms. The van der Waals surface area contributed by atoms with Gasteiger partial charge in [-0.1, -0.05) is 32.9 Å². The standard InChI is InChI=1S/C16H20F3NO3/c1-15(2,3)9-12(16(17,18)19)20-13(21)8-10-4-6-11(7-5-10)14(22)23/h4-7,12H,8-9H2,1-3H3,(H,20,21)(H,22,23). The second kappa shape index (κ2) is 7.02. The fraction of sp³-hybridized carbons (Fsp3) is 0.500. The fourth-order valence-corrected chi connectivity index (χ4v) is 2.06. The number of carboxylic acids is 1. The summed E-state index contributed by atoms with van der Waals surface area (Å²) in [6.07, 6.45) is -4.98. The molecule has 0 aliphatic rings. The molecule has 0 aromatic heterocycles. The van der Waals surface area contributed by atoms with Crippen molar-refractivity contribution in [1.29, 1.82) is 0 Å². The van der Waals surface area contributed by atoms with E-state index < -0.39 is 29.5 Å². The zero-order valence-corrected chi connectivity index (χ0v) is 13.2. The van der Waals surface area contributed by atoms with Gasteiger partial charge < -0.3 is 10.4 Å². The lowest BCUT2D eigenvalue weighted by Crippen LogP contribution is -2.47. The van der Waals surface area contributed by atoms with Crippen LogP contribution in [-0.4, -0.2) is 29.2 Å². The molecule has 1 aromatic carbocycles. The van der Waals surface area contributed by atoms with Crippen molar-refractivity contribution < 1.29 is 27.9 Å². The van der Waals surface area contributed by atoms with Gasteiger partial charge in [-0.25, -0.2) is 4.79 Å². The van der Waals surface area contributed by atoms with E-state index in [4.69, 9.17) is 5.11 Å². The molecular formula is C16H20F3NO3. The highest BCUT2D eigenvalue weighted by Crippen LogP contribution is 2.30. The van der Waals surface area contributed by atoms with Gasteiger partial charge in [0.25, 0.3) is 0 Å². The van der Waals surface area contributed by atoms with Crippen LogP contribution in [0.5, 0.6) is 0 Å². The van der Waals surface area contributed by atoms with Crippen LogP contribution in [0.15, 0.2) is 24.3 Å². The summed E-state index contributed by atoms with van der Waals surface area (Å²) < 4.78 is 39.0. The first kappa shape index (κ1) is 19.0. The van der Waals surface area contributed by atoms with Crippen molar-refractivity contribution in [2.75, 3.05) is 0 Å². The van der Waals surface area contributed by atoms with Crippen molar-refractivity contribution in [1.82, 2.24) is 5.32 Å². The van der Waals surface area contributed by atoms with Gasteiger partial charge in [0.15, 0.2) is 0 Å². The van der Waals surface area contributed by atoms with Gasteiger partial charge in [-0.05, 0) is 29.5 Å². The van der Waals surface area contributed by atoms with E-state index in [9.17, 15) is 22.8 Å². The van der Waals surface area contributed by atoms with Gasteiger partial charge in [0.1, 0.15) is 6.04 Å². The molecule has 1 aromatic rings. The highest BCUT2D eigenvalue weighted by Gasteiger charge is 2.42. The quantitative estimate of drug-likeness (QED) is 0.869. The summed E-state index contributed by atoms with van der Waals surface area (Å²) in [4.78, 5) is 22.6.